The molecule has 0 rings (SSSR count). The van der Waals surface area contributed by atoms with Crippen molar-refractivity contribution < 1.29 is 242 Å². The van der Waals surface area contributed by atoms with E-state index >= 15 is 0 Å². The van der Waals surface area contributed by atoms with Crippen molar-refractivity contribution in [2.45, 2.75) is 0 Å². The van der Waals surface area contributed by atoms with Gasteiger partial charge in [-0.2, -0.15) is 7.82 Å². The number of phosphoric acid groups is 4. The predicted octanol–water partition coefficient (Wildman–Crippen LogP) is -16.2. The van der Waals surface area contributed by atoms with Crippen LogP contribution in [0.1, 0.15) is 0 Å². The summed E-state index contributed by atoms with van der Waals surface area (Å²) in [5.41, 5.74) is 0. The van der Waals surface area contributed by atoms with Crippen LogP contribution in [0.2, 0.25) is 0 Å². The third-order valence-corrected chi connectivity index (χ3v) is 0. The summed E-state index contributed by atoms with van der Waals surface area (Å²) >= 11 is 0. The smallest absolute Gasteiger partial charge is 0.822 e. The Morgan fingerprint density at radius 2 is 0.440 bits per heavy atom. The van der Waals surface area contributed by atoms with E-state index in [-0.39, 0.29) is 165 Å². The van der Waals surface area contributed by atoms with Crippen LogP contribution in [0.15, 0.2) is 0 Å². The minimum atomic E-state index is -5.39. The Kier molecular flexibility index (Phi) is 62.6. The Labute approximate surface area is 267 Å². The van der Waals surface area contributed by atoms with Gasteiger partial charge < -0.3 is 74.2 Å². The zero-order valence-corrected chi connectivity index (χ0v) is 25.6. The summed E-state index contributed by atoms with van der Waals surface area (Å²) in [7, 11) is -19.3. The average molecular weight is 542 g/mol. The number of hydrogen-bond acceptors (Lipinski definition) is 7. The normalized spacial score (nSPS) is 9.44. The van der Waals surface area contributed by atoms with E-state index < -0.39 is 31.3 Å². The largest absolute Gasteiger partial charge is 1.00 e. The fraction of sp³-hybridized carbons (Fsp3) is 0. The average Bonchev–Trinajstić information content (AvgIpc) is 1.62. The molecule has 0 aliphatic rings. The van der Waals surface area contributed by atoms with E-state index in [0.717, 1.165) is 0 Å². The first-order chi connectivity index (χ1) is 8.00. The minimum Gasteiger partial charge on any atom is -0.822 e. The summed E-state index contributed by atoms with van der Waals surface area (Å²) in [4.78, 5) is 90.3. The topological polar surface area (TPSA) is 383 Å². The third-order valence-electron chi connectivity index (χ3n) is 0. The summed E-state index contributed by atoms with van der Waals surface area (Å²) in [6.07, 6.45) is 0. The summed E-state index contributed by atoms with van der Waals surface area (Å²) in [6, 6.07) is 0. The van der Waals surface area contributed by atoms with Crippen molar-refractivity contribution >= 4 is 31.3 Å². The van der Waals surface area contributed by atoms with E-state index in [9.17, 15) is 0 Å². The van der Waals surface area contributed by atoms with E-state index in [2.05, 4.69) is 0 Å². The summed E-state index contributed by atoms with van der Waals surface area (Å²) in [6.45, 7) is 0. The molecule has 0 atom stereocenters. The van der Waals surface area contributed by atoms with Gasteiger partial charge in [0.1, 0.15) is 0 Å². The molecule has 13 N–H and O–H groups in total. The Morgan fingerprint density at radius 1 is 0.440 bits per heavy atom. The first kappa shape index (κ1) is 57.3. The molecule has 0 saturated carbocycles. The fourth-order valence-electron chi connectivity index (χ4n) is 0. The van der Waals surface area contributed by atoms with Crippen LogP contribution in [0.4, 0.5) is 0 Å². The molecule has 18 nitrogen and oxygen atoms in total. The fourth-order valence-corrected chi connectivity index (χ4v) is 0. The molecule has 0 aromatic carbocycles. The van der Waals surface area contributed by atoms with Gasteiger partial charge in [-0.1, -0.05) is 0 Å². The maximum absolute atomic E-state index is 8.88. The van der Waals surface area contributed by atoms with Crippen molar-refractivity contribution in [3.05, 3.63) is 0 Å². The Bertz CT molecular complexity index is 293. The van der Waals surface area contributed by atoms with Crippen molar-refractivity contribution in [3.8, 4) is 0 Å². The van der Waals surface area contributed by atoms with Crippen LogP contribution in [0.3, 0.4) is 0 Å². The molecule has 0 unspecified atom stereocenters. The van der Waals surface area contributed by atoms with Crippen LogP contribution in [-0.4, -0.2) is 55.0 Å². The molecule has 25 heteroatoms. The van der Waals surface area contributed by atoms with Crippen LogP contribution < -0.4 is 169 Å². The molecule has 0 aliphatic carbocycles. The maximum atomic E-state index is 8.88. The second-order valence-electron chi connectivity index (χ2n) is 1.99. The van der Waals surface area contributed by atoms with Crippen molar-refractivity contribution in [2.24, 2.45) is 0 Å². The van der Waals surface area contributed by atoms with E-state index in [1.54, 1.807) is 0 Å². The summed E-state index contributed by atoms with van der Waals surface area (Å²) in [5, 5.41) is 0. The number of rotatable bonds is 0. The van der Waals surface area contributed by atoms with Crippen LogP contribution >= 0.6 is 31.3 Å². The van der Waals surface area contributed by atoms with Crippen LogP contribution in [0.25, 0.3) is 0 Å². The van der Waals surface area contributed by atoms with E-state index in [1.165, 1.54) is 0 Å². The zero-order valence-electron chi connectivity index (χ0n) is 12.7. The molecular formula is H13K3O18P4. The molecule has 0 fully saturated rings. The minimum absolute atomic E-state index is 0. The molecule has 0 heterocycles. The van der Waals surface area contributed by atoms with Gasteiger partial charge in [-0.05, 0) is 0 Å². The van der Waals surface area contributed by atoms with Crippen LogP contribution in [-0.2, 0) is 18.3 Å². The predicted molar refractivity (Wildman–Crippen MR) is 57.6 cm³/mol. The van der Waals surface area contributed by atoms with Gasteiger partial charge in [-0.15, -0.1) is 0 Å². The molecule has 0 amide bonds. The van der Waals surface area contributed by atoms with Crippen molar-refractivity contribution in [2.75, 3.05) is 0 Å². The van der Waals surface area contributed by atoms with E-state index in [4.69, 9.17) is 77.0 Å². The van der Waals surface area contributed by atoms with E-state index in [0.29, 0.717) is 0 Å². The van der Waals surface area contributed by atoms with Gasteiger partial charge in [-0.25, -0.2) is 13.7 Å². The summed E-state index contributed by atoms with van der Waals surface area (Å²) < 4.78 is 35.2. The van der Waals surface area contributed by atoms with E-state index in [1.807, 2.05) is 0 Å². The Hall–Kier alpha value is 5.27. The van der Waals surface area contributed by atoms with Gasteiger partial charge in [0.15, 0.2) is 0 Å². The molecule has 0 aliphatic heterocycles. The van der Waals surface area contributed by atoms with Crippen molar-refractivity contribution in [3.63, 3.8) is 0 Å². The molecular weight excluding hydrogens is 529 g/mol. The monoisotopic (exact) mass is 542 g/mol. The Morgan fingerprint density at radius 3 is 0.440 bits per heavy atom. The molecule has 0 saturated heterocycles. The van der Waals surface area contributed by atoms with Gasteiger partial charge in [0, 0.05) is 0 Å². The zero-order chi connectivity index (χ0) is 18.0. The second-order valence-corrected chi connectivity index (χ2v) is 5.96. The molecule has 144 valence electrons. The van der Waals surface area contributed by atoms with Gasteiger partial charge in [0.25, 0.3) is 0 Å². The molecule has 0 aromatic heterocycles. The van der Waals surface area contributed by atoms with Crippen LogP contribution in [0.5, 0.6) is 0 Å². The molecule has 0 aromatic rings. The Balaban J connectivity index is -0.0000000183. The molecule has 0 spiro atoms. The van der Waals surface area contributed by atoms with Gasteiger partial charge in [0.05, 0.1) is 0 Å². The molecule has 0 bridgehead atoms. The molecule has 25 heavy (non-hydrogen) atoms. The second kappa shape index (κ2) is 27.3. The quantitative estimate of drug-likeness (QED) is 0.101. The van der Waals surface area contributed by atoms with Crippen molar-refractivity contribution in [1.82, 2.24) is 0 Å². The van der Waals surface area contributed by atoms with Crippen LogP contribution in [0, 0.1) is 0 Å². The first-order valence-corrected chi connectivity index (χ1v) is 9.23. The SMILES string of the molecule is O.O.O=P(O)(O)O.O=P(O)(O)O.O=P(O)(O)O.O=P([O-])([O-])[O-].[K+].[K+].[K+]. The van der Waals surface area contributed by atoms with Gasteiger partial charge in [0.2, 0.25) is 0 Å². The standard InChI is InChI=1S/3K.4H3O4P.2H2O/c;;;4*1-5(2,3)4;;/h;;;4*(H3,1,2,3,4);2*1H2/q3*+1;;;;;;/p-3. The van der Waals surface area contributed by atoms with Crippen molar-refractivity contribution in [1.29, 1.82) is 0 Å². The summed E-state index contributed by atoms with van der Waals surface area (Å²) in [5.74, 6) is 0. The third kappa shape index (κ3) is 784. The maximum Gasteiger partial charge on any atom is 1.00 e. The van der Waals surface area contributed by atoms with Gasteiger partial charge >= 0.3 is 178 Å². The number of hydrogen-bond donors (Lipinski definition) is 9. The molecule has 0 radical (unpaired) electrons. The first-order valence-electron chi connectivity index (χ1n) is 3.08. The van der Waals surface area contributed by atoms with Gasteiger partial charge in [-0.3, -0.25) is 0 Å².